The van der Waals surface area contributed by atoms with Crippen LogP contribution in [0.2, 0.25) is 0 Å². The second-order valence-corrected chi connectivity index (χ2v) is 8.75. The zero-order chi connectivity index (χ0) is 23.5. The standard InChI is InChI=1S/C26H22N4O3S/c1-17-12-13-22(32-2)19(14-17)16-34-26-28-27-24(33-26)23-20-10-6-7-11-21(20)25(31)30(29-23)15-18-8-4-3-5-9-18/h3-14H,15-16H2,1-2H3. The maximum absolute atomic E-state index is 13.1. The number of nitrogens with zero attached hydrogens (tertiary/aromatic N) is 4. The van der Waals surface area contributed by atoms with E-state index in [1.54, 1.807) is 13.2 Å². The summed E-state index contributed by atoms with van der Waals surface area (Å²) < 4.78 is 12.9. The van der Waals surface area contributed by atoms with E-state index in [0.29, 0.717) is 34.0 Å². The molecule has 3 aromatic carbocycles. The minimum Gasteiger partial charge on any atom is -0.496 e. The van der Waals surface area contributed by atoms with Gasteiger partial charge in [0.05, 0.1) is 19.0 Å². The minimum atomic E-state index is -0.163. The van der Waals surface area contributed by atoms with Crippen LogP contribution in [0.1, 0.15) is 16.7 Å². The Kier molecular flexibility index (Phi) is 6.14. The monoisotopic (exact) mass is 470 g/mol. The Morgan fingerprint density at radius 3 is 2.53 bits per heavy atom. The van der Waals surface area contributed by atoms with E-state index in [1.165, 1.54) is 16.4 Å². The highest BCUT2D eigenvalue weighted by Crippen LogP contribution is 2.31. The summed E-state index contributed by atoms with van der Waals surface area (Å²) in [5.41, 5.74) is 3.50. The second kappa shape index (κ2) is 9.52. The van der Waals surface area contributed by atoms with Crippen LogP contribution in [0.3, 0.4) is 0 Å². The van der Waals surface area contributed by atoms with E-state index in [0.717, 1.165) is 22.4 Å². The normalized spacial score (nSPS) is 11.1. The van der Waals surface area contributed by atoms with Crippen LogP contribution in [0.4, 0.5) is 0 Å². The summed E-state index contributed by atoms with van der Waals surface area (Å²) in [6.07, 6.45) is 0. The summed E-state index contributed by atoms with van der Waals surface area (Å²) in [6, 6.07) is 23.1. The molecule has 7 nitrogen and oxygen atoms in total. The predicted molar refractivity (Wildman–Crippen MR) is 132 cm³/mol. The predicted octanol–water partition coefficient (Wildman–Crippen LogP) is 5.10. The van der Waals surface area contributed by atoms with Crippen LogP contribution in [-0.4, -0.2) is 27.1 Å². The van der Waals surface area contributed by atoms with E-state index in [4.69, 9.17) is 9.15 Å². The zero-order valence-electron chi connectivity index (χ0n) is 18.8. The van der Waals surface area contributed by atoms with Crippen molar-refractivity contribution in [2.45, 2.75) is 24.4 Å². The molecule has 0 saturated heterocycles. The van der Waals surface area contributed by atoms with Gasteiger partial charge in [-0.1, -0.05) is 78.0 Å². The van der Waals surface area contributed by atoms with Crippen LogP contribution in [0.25, 0.3) is 22.4 Å². The van der Waals surface area contributed by atoms with Crippen LogP contribution >= 0.6 is 11.8 Å². The van der Waals surface area contributed by atoms with Gasteiger partial charge in [0.2, 0.25) is 0 Å². The molecule has 0 bridgehead atoms. The average Bonchev–Trinajstić information content (AvgIpc) is 3.34. The number of ether oxygens (including phenoxy) is 1. The molecule has 2 aromatic heterocycles. The molecule has 5 aromatic rings. The van der Waals surface area contributed by atoms with Gasteiger partial charge in [-0.05, 0) is 24.6 Å². The van der Waals surface area contributed by atoms with E-state index in [2.05, 4.69) is 21.4 Å². The van der Waals surface area contributed by atoms with E-state index in [-0.39, 0.29) is 11.4 Å². The fraction of sp³-hybridized carbons (Fsp3) is 0.154. The third-order valence-electron chi connectivity index (χ3n) is 5.44. The highest BCUT2D eigenvalue weighted by Gasteiger charge is 2.18. The Bertz CT molecular complexity index is 1510. The molecule has 0 aliphatic rings. The summed E-state index contributed by atoms with van der Waals surface area (Å²) in [7, 11) is 1.66. The van der Waals surface area contributed by atoms with E-state index in [1.807, 2.05) is 67.6 Å². The number of thioether (sulfide) groups is 1. The van der Waals surface area contributed by atoms with Crippen molar-refractivity contribution in [3.8, 4) is 17.3 Å². The molecule has 0 atom stereocenters. The lowest BCUT2D eigenvalue weighted by Crippen LogP contribution is -2.24. The van der Waals surface area contributed by atoms with E-state index >= 15 is 0 Å². The van der Waals surface area contributed by atoms with E-state index in [9.17, 15) is 4.79 Å². The van der Waals surface area contributed by atoms with Crippen molar-refractivity contribution in [3.05, 3.63) is 99.8 Å². The first-order valence-corrected chi connectivity index (χ1v) is 11.7. The fourth-order valence-electron chi connectivity index (χ4n) is 3.78. The van der Waals surface area contributed by atoms with Gasteiger partial charge in [-0.25, -0.2) is 4.68 Å². The zero-order valence-corrected chi connectivity index (χ0v) is 19.6. The highest BCUT2D eigenvalue weighted by atomic mass is 32.2. The summed E-state index contributed by atoms with van der Waals surface area (Å²) in [5.74, 6) is 1.71. The highest BCUT2D eigenvalue weighted by molar-refractivity contribution is 7.98. The van der Waals surface area contributed by atoms with Gasteiger partial charge in [0.25, 0.3) is 16.7 Å². The van der Waals surface area contributed by atoms with Crippen LogP contribution in [-0.2, 0) is 12.3 Å². The molecule has 5 rings (SSSR count). The number of hydrogen-bond acceptors (Lipinski definition) is 7. The first-order valence-electron chi connectivity index (χ1n) is 10.8. The maximum atomic E-state index is 13.1. The minimum absolute atomic E-state index is 0.163. The molecule has 0 fully saturated rings. The van der Waals surface area contributed by atoms with Gasteiger partial charge in [0.1, 0.15) is 5.75 Å². The van der Waals surface area contributed by atoms with Crippen molar-refractivity contribution in [2.24, 2.45) is 0 Å². The van der Waals surface area contributed by atoms with Crippen LogP contribution in [0, 0.1) is 6.92 Å². The number of hydrogen-bond donors (Lipinski definition) is 0. The summed E-state index contributed by atoms with van der Waals surface area (Å²) in [4.78, 5) is 13.1. The van der Waals surface area contributed by atoms with Crippen molar-refractivity contribution in [1.29, 1.82) is 0 Å². The average molecular weight is 471 g/mol. The summed E-state index contributed by atoms with van der Waals surface area (Å²) in [5, 5.41) is 14.7. The van der Waals surface area contributed by atoms with Crippen LogP contribution in [0.15, 0.2) is 87.2 Å². The van der Waals surface area contributed by atoms with Crippen molar-refractivity contribution in [1.82, 2.24) is 20.0 Å². The van der Waals surface area contributed by atoms with Crippen LogP contribution < -0.4 is 10.3 Å². The number of benzene rings is 3. The summed E-state index contributed by atoms with van der Waals surface area (Å²) >= 11 is 1.43. The Morgan fingerprint density at radius 2 is 1.74 bits per heavy atom. The van der Waals surface area contributed by atoms with Crippen molar-refractivity contribution < 1.29 is 9.15 Å². The van der Waals surface area contributed by atoms with Gasteiger partial charge in [0.15, 0.2) is 5.69 Å². The smallest absolute Gasteiger partial charge is 0.277 e. The molecule has 0 radical (unpaired) electrons. The Balaban J connectivity index is 1.48. The SMILES string of the molecule is COc1ccc(C)cc1CSc1nnc(-c2nn(Cc3ccccc3)c(=O)c3ccccc23)o1. The molecule has 0 aliphatic carbocycles. The second-order valence-electron chi connectivity index (χ2n) is 7.82. The molecule has 34 heavy (non-hydrogen) atoms. The van der Waals surface area contributed by atoms with Crippen molar-refractivity contribution >= 4 is 22.5 Å². The molecular formula is C26H22N4O3S. The number of rotatable bonds is 7. The van der Waals surface area contributed by atoms with E-state index < -0.39 is 0 Å². The van der Waals surface area contributed by atoms with Gasteiger partial charge in [-0.15, -0.1) is 10.2 Å². The number of aromatic nitrogens is 4. The molecule has 0 amide bonds. The molecule has 0 N–H and O–H groups in total. The lowest BCUT2D eigenvalue weighted by atomic mass is 10.1. The maximum Gasteiger partial charge on any atom is 0.277 e. The Hall–Kier alpha value is -3.91. The fourth-order valence-corrected chi connectivity index (χ4v) is 4.52. The van der Waals surface area contributed by atoms with Gasteiger partial charge >= 0.3 is 0 Å². The molecule has 0 saturated carbocycles. The van der Waals surface area contributed by atoms with Crippen molar-refractivity contribution in [3.63, 3.8) is 0 Å². The third-order valence-corrected chi connectivity index (χ3v) is 6.31. The van der Waals surface area contributed by atoms with Gasteiger partial charge in [0, 0.05) is 16.7 Å². The molecule has 0 unspecified atom stereocenters. The lowest BCUT2D eigenvalue weighted by Gasteiger charge is -2.09. The van der Waals surface area contributed by atoms with Crippen molar-refractivity contribution in [2.75, 3.05) is 7.11 Å². The quantitative estimate of drug-likeness (QED) is 0.306. The molecule has 2 heterocycles. The molecule has 0 spiro atoms. The lowest BCUT2D eigenvalue weighted by molar-refractivity contribution is 0.411. The molecule has 170 valence electrons. The molecule has 8 heteroatoms. The number of fused-ring (bicyclic) bond motifs is 1. The Morgan fingerprint density at radius 1 is 0.971 bits per heavy atom. The first kappa shape index (κ1) is 21.9. The van der Waals surface area contributed by atoms with Gasteiger partial charge < -0.3 is 9.15 Å². The molecule has 0 aliphatic heterocycles. The topological polar surface area (TPSA) is 83.0 Å². The van der Waals surface area contributed by atoms with Crippen LogP contribution in [0.5, 0.6) is 5.75 Å². The number of aryl methyl sites for hydroxylation is 1. The molecular weight excluding hydrogens is 448 g/mol. The van der Waals surface area contributed by atoms with Gasteiger partial charge in [-0.2, -0.15) is 5.10 Å². The van der Waals surface area contributed by atoms with Gasteiger partial charge in [-0.3, -0.25) is 4.79 Å². The summed E-state index contributed by atoms with van der Waals surface area (Å²) in [6.45, 7) is 2.39. The number of methoxy groups -OCH3 is 1. The third kappa shape index (κ3) is 4.45. The largest absolute Gasteiger partial charge is 0.496 e. The Labute approximate surface area is 200 Å². The first-order chi connectivity index (χ1) is 16.6.